The molecule has 0 aliphatic rings. The fourth-order valence-corrected chi connectivity index (χ4v) is 4.51. The summed E-state index contributed by atoms with van der Waals surface area (Å²) in [7, 11) is 0. The van der Waals surface area contributed by atoms with E-state index in [2.05, 4.69) is 25.8 Å². The van der Waals surface area contributed by atoms with Gasteiger partial charge in [-0.2, -0.15) is 0 Å². The predicted octanol–water partition coefficient (Wildman–Crippen LogP) is 6.76. The molecular formula is C28H31ClF2N2O4. The van der Waals surface area contributed by atoms with Crippen molar-refractivity contribution in [1.29, 1.82) is 0 Å². The highest BCUT2D eigenvalue weighted by Gasteiger charge is 2.35. The molecule has 0 fully saturated rings. The molecule has 2 aromatic carbocycles. The van der Waals surface area contributed by atoms with E-state index in [0.29, 0.717) is 28.8 Å². The van der Waals surface area contributed by atoms with Crippen LogP contribution >= 0.6 is 11.6 Å². The number of carbonyl (C=O) groups excluding carboxylic acids is 3. The van der Waals surface area contributed by atoms with Crippen molar-refractivity contribution >= 4 is 40.7 Å². The summed E-state index contributed by atoms with van der Waals surface area (Å²) in [5.41, 5.74) is 0.261. The third-order valence-corrected chi connectivity index (χ3v) is 6.31. The number of esters is 1. The number of ketones is 1. The second-order valence-electron chi connectivity index (χ2n) is 10.1. The Balaban J connectivity index is 2.18. The maximum Gasteiger partial charge on any atom is 0.355 e. The molecule has 1 N–H and O–H groups in total. The largest absolute Gasteiger partial charge is 0.461 e. The Hall–Kier alpha value is -3.26. The van der Waals surface area contributed by atoms with Crippen molar-refractivity contribution in [2.24, 2.45) is 5.41 Å². The van der Waals surface area contributed by atoms with Crippen LogP contribution in [0.15, 0.2) is 36.4 Å². The first-order valence-electron chi connectivity index (χ1n) is 12.1. The fraction of sp³-hybridized carbons (Fsp3) is 0.393. The molecule has 3 aromatic rings. The molecule has 0 radical (unpaired) electrons. The van der Waals surface area contributed by atoms with E-state index < -0.39 is 30.2 Å². The number of halogens is 3. The lowest BCUT2D eigenvalue weighted by atomic mass is 9.87. The average molecular weight is 533 g/mol. The predicted molar refractivity (Wildman–Crippen MR) is 138 cm³/mol. The zero-order valence-electron chi connectivity index (χ0n) is 21.4. The summed E-state index contributed by atoms with van der Waals surface area (Å²) in [6, 6.07) is 6.90. The summed E-state index contributed by atoms with van der Waals surface area (Å²) in [6.45, 7) is 7.36. The number of hydrogen-bond donors (Lipinski definition) is 1. The number of hydrogen-bond acceptors (Lipinski definition) is 4. The van der Waals surface area contributed by atoms with Gasteiger partial charge in [0.25, 0.3) is 0 Å². The molecule has 1 unspecified atom stereocenters. The van der Waals surface area contributed by atoms with Gasteiger partial charge in [-0.05, 0) is 49.4 Å². The van der Waals surface area contributed by atoms with E-state index in [1.807, 2.05) is 0 Å². The van der Waals surface area contributed by atoms with Gasteiger partial charge in [0.2, 0.25) is 6.41 Å². The molecule has 1 heterocycles. The molecule has 0 saturated heterocycles. The molecule has 0 bridgehead atoms. The number of amides is 1. The first-order valence-corrected chi connectivity index (χ1v) is 12.5. The highest BCUT2D eigenvalue weighted by molar-refractivity contribution is 6.31. The van der Waals surface area contributed by atoms with E-state index in [-0.39, 0.29) is 41.0 Å². The van der Waals surface area contributed by atoms with Crippen LogP contribution in [0.5, 0.6) is 0 Å². The smallest absolute Gasteiger partial charge is 0.355 e. The number of nitrogens with one attached hydrogen (secondary N) is 1. The number of fused-ring (bicyclic) bond motifs is 1. The molecule has 9 heteroatoms. The molecule has 0 saturated carbocycles. The van der Waals surface area contributed by atoms with Crippen LogP contribution in [0.2, 0.25) is 5.02 Å². The van der Waals surface area contributed by atoms with E-state index >= 15 is 0 Å². The van der Waals surface area contributed by atoms with E-state index in [1.54, 1.807) is 25.1 Å². The number of rotatable bonds is 11. The van der Waals surface area contributed by atoms with Gasteiger partial charge in [0, 0.05) is 33.5 Å². The number of aromatic amines is 1. The standard InChI is InChI=1S/C28H31ClF2N2O4/c1-5-37-27(36)25-24(18-12-11-17(29)14-22(18)32-25)26(23(35)10-7-13-28(2,3)4)33(16-34)15-19-20(30)8-6-9-21(19)31/h6,8-9,11-12,14,16,26,32H,5,7,10,13,15H2,1-4H3. The number of carbonyl (C=O) groups is 3. The van der Waals surface area contributed by atoms with Crippen molar-refractivity contribution in [1.82, 2.24) is 9.88 Å². The Morgan fingerprint density at radius 1 is 1.16 bits per heavy atom. The third-order valence-electron chi connectivity index (χ3n) is 6.08. The van der Waals surface area contributed by atoms with Crippen LogP contribution in [-0.4, -0.2) is 34.7 Å². The lowest BCUT2D eigenvalue weighted by molar-refractivity contribution is -0.132. The van der Waals surface area contributed by atoms with E-state index in [0.717, 1.165) is 23.5 Å². The van der Waals surface area contributed by atoms with Gasteiger partial charge >= 0.3 is 5.97 Å². The van der Waals surface area contributed by atoms with Gasteiger partial charge in [-0.1, -0.05) is 44.5 Å². The van der Waals surface area contributed by atoms with Gasteiger partial charge in [-0.25, -0.2) is 13.6 Å². The van der Waals surface area contributed by atoms with Crippen molar-refractivity contribution in [3.05, 3.63) is 69.9 Å². The molecule has 0 aliphatic heterocycles. The normalized spacial score (nSPS) is 12.4. The monoisotopic (exact) mass is 532 g/mol. The van der Waals surface area contributed by atoms with Gasteiger partial charge in [0.15, 0.2) is 5.78 Å². The van der Waals surface area contributed by atoms with Crippen LogP contribution < -0.4 is 0 Å². The van der Waals surface area contributed by atoms with Gasteiger partial charge < -0.3 is 14.6 Å². The molecule has 6 nitrogen and oxygen atoms in total. The van der Waals surface area contributed by atoms with Crippen LogP contribution in [0.25, 0.3) is 10.9 Å². The minimum atomic E-state index is -1.30. The number of nitrogens with zero attached hydrogens (tertiary/aromatic N) is 1. The second kappa shape index (κ2) is 11.9. The second-order valence-corrected chi connectivity index (χ2v) is 10.5. The molecule has 1 aromatic heterocycles. The van der Waals surface area contributed by atoms with E-state index in [1.165, 1.54) is 6.07 Å². The quantitative estimate of drug-likeness (QED) is 0.218. The van der Waals surface area contributed by atoms with Crippen LogP contribution in [0.4, 0.5) is 8.78 Å². The van der Waals surface area contributed by atoms with Crippen LogP contribution in [0.3, 0.4) is 0 Å². The Labute approximate surface area is 219 Å². The van der Waals surface area contributed by atoms with Crippen LogP contribution in [0, 0.1) is 17.0 Å². The van der Waals surface area contributed by atoms with Crippen molar-refractivity contribution in [2.75, 3.05) is 6.61 Å². The Morgan fingerprint density at radius 3 is 2.43 bits per heavy atom. The highest BCUT2D eigenvalue weighted by Crippen LogP contribution is 2.36. The van der Waals surface area contributed by atoms with Crippen molar-refractivity contribution in [3.8, 4) is 0 Å². The molecule has 37 heavy (non-hydrogen) atoms. The van der Waals surface area contributed by atoms with E-state index in [4.69, 9.17) is 16.3 Å². The van der Waals surface area contributed by atoms with Gasteiger partial charge in [-0.3, -0.25) is 9.59 Å². The number of ether oxygens (including phenoxy) is 1. The summed E-state index contributed by atoms with van der Waals surface area (Å²) in [5, 5.41) is 0.868. The van der Waals surface area contributed by atoms with Gasteiger partial charge in [-0.15, -0.1) is 0 Å². The van der Waals surface area contributed by atoms with Crippen molar-refractivity contribution in [2.45, 2.75) is 59.5 Å². The number of H-pyrrole nitrogens is 1. The van der Waals surface area contributed by atoms with Gasteiger partial charge in [0.05, 0.1) is 13.2 Å². The maximum absolute atomic E-state index is 14.5. The minimum Gasteiger partial charge on any atom is -0.461 e. The fourth-order valence-electron chi connectivity index (χ4n) is 4.34. The van der Waals surface area contributed by atoms with Crippen molar-refractivity contribution in [3.63, 3.8) is 0 Å². The number of Topliss-reactive ketones (excluding diaryl/α,β-unsaturated/α-hetero) is 1. The SMILES string of the molecule is CCOC(=O)c1[nH]c2cc(Cl)ccc2c1C(C(=O)CCCC(C)(C)C)N(C=O)Cc1c(F)cccc1F. The summed E-state index contributed by atoms with van der Waals surface area (Å²) in [6.07, 6.45) is 1.74. The first-order chi connectivity index (χ1) is 17.5. The lowest BCUT2D eigenvalue weighted by Gasteiger charge is -2.29. The molecule has 3 rings (SSSR count). The Kier molecular flexibility index (Phi) is 9.07. The van der Waals surface area contributed by atoms with Gasteiger partial charge in [0.1, 0.15) is 23.4 Å². The zero-order chi connectivity index (χ0) is 27.3. The molecule has 1 atom stereocenters. The third kappa shape index (κ3) is 6.74. The summed E-state index contributed by atoms with van der Waals surface area (Å²) in [4.78, 5) is 43.1. The Morgan fingerprint density at radius 2 is 1.84 bits per heavy atom. The molecule has 0 aliphatic carbocycles. The van der Waals surface area contributed by atoms with Crippen molar-refractivity contribution < 1.29 is 27.9 Å². The topological polar surface area (TPSA) is 79.5 Å². The number of benzene rings is 2. The minimum absolute atomic E-state index is 0.0193. The lowest BCUT2D eigenvalue weighted by Crippen LogP contribution is -2.34. The maximum atomic E-state index is 14.5. The molecule has 198 valence electrons. The Bertz CT molecular complexity index is 1280. The molecular weight excluding hydrogens is 502 g/mol. The number of aromatic nitrogens is 1. The molecule has 1 amide bonds. The first kappa shape index (κ1) is 28.3. The zero-order valence-corrected chi connectivity index (χ0v) is 22.1. The summed E-state index contributed by atoms with van der Waals surface area (Å²) in [5.74, 6) is -2.78. The average Bonchev–Trinajstić information content (AvgIpc) is 3.18. The summed E-state index contributed by atoms with van der Waals surface area (Å²) >= 11 is 6.15. The van der Waals surface area contributed by atoms with E-state index in [9.17, 15) is 23.2 Å². The highest BCUT2D eigenvalue weighted by atomic mass is 35.5. The van der Waals surface area contributed by atoms with Crippen LogP contribution in [-0.2, 0) is 20.9 Å². The molecule has 0 spiro atoms. The summed E-state index contributed by atoms with van der Waals surface area (Å²) < 4.78 is 34.3. The van der Waals surface area contributed by atoms with Crippen LogP contribution in [0.1, 0.15) is 74.6 Å².